The third-order valence-electron chi connectivity index (χ3n) is 3.51. The second-order valence-electron chi connectivity index (χ2n) is 5.78. The summed E-state index contributed by atoms with van der Waals surface area (Å²) in [7, 11) is 0. The van der Waals surface area contributed by atoms with E-state index in [1.165, 1.54) is 21.9 Å². The highest BCUT2D eigenvalue weighted by molar-refractivity contribution is 5.49. The van der Waals surface area contributed by atoms with E-state index in [-0.39, 0.29) is 0 Å². The lowest BCUT2D eigenvalue weighted by Crippen LogP contribution is -2.05. The standard InChI is InChI=1S/C15H14.C8H9/c1-12-3-7-14(8-4-12)11-15-9-5-13(2)6-10-15;1-7-3-5-8(2)6-4-7/h3-11H,1H2,2H3;3-6H,1H2,2H3. The number of hydrogen-bond acceptors (Lipinski definition) is 0. The fourth-order valence-electron chi connectivity index (χ4n) is 2.06. The summed E-state index contributed by atoms with van der Waals surface area (Å²) in [5.41, 5.74) is 4.89. The lowest BCUT2D eigenvalue weighted by atomic mass is 10.1. The second-order valence-corrected chi connectivity index (χ2v) is 5.78. The minimum Gasteiger partial charge on any atom is -0.0952 e. The van der Waals surface area contributed by atoms with Crippen LogP contribution in [-0.4, -0.2) is 0 Å². The maximum absolute atomic E-state index is 3.87. The molecule has 0 unspecified atom stereocenters. The first-order valence-electron chi connectivity index (χ1n) is 7.75. The van der Waals surface area contributed by atoms with Gasteiger partial charge in [0, 0.05) is 6.42 Å². The number of benzene rings is 2. The van der Waals surface area contributed by atoms with Crippen LogP contribution in [0.5, 0.6) is 0 Å². The summed E-state index contributed by atoms with van der Waals surface area (Å²) in [5.74, 6) is 0. The fourth-order valence-corrected chi connectivity index (χ4v) is 2.06. The Bertz CT molecular complexity index is 804. The number of rotatable bonds is 1. The predicted octanol–water partition coefficient (Wildman–Crippen LogP) is 4.50. The van der Waals surface area contributed by atoms with Crippen LogP contribution in [0, 0.1) is 13.3 Å². The van der Waals surface area contributed by atoms with E-state index >= 15 is 0 Å². The van der Waals surface area contributed by atoms with Gasteiger partial charge in [-0.2, -0.15) is 0 Å². The third-order valence-corrected chi connectivity index (χ3v) is 3.51. The molecule has 0 atom stereocenters. The van der Waals surface area contributed by atoms with E-state index in [9.17, 15) is 0 Å². The van der Waals surface area contributed by atoms with E-state index in [1.54, 1.807) is 0 Å². The molecule has 2 aromatic carbocycles. The molecule has 1 aliphatic carbocycles. The van der Waals surface area contributed by atoms with Gasteiger partial charge in [0.25, 0.3) is 0 Å². The van der Waals surface area contributed by atoms with Gasteiger partial charge in [0.1, 0.15) is 0 Å². The molecule has 0 N–H and O–H groups in total. The van der Waals surface area contributed by atoms with Gasteiger partial charge in [-0.1, -0.05) is 91.1 Å². The van der Waals surface area contributed by atoms with Crippen molar-refractivity contribution < 1.29 is 0 Å². The van der Waals surface area contributed by atoms with Gasteiger partial charge in [-0.05, 0) is 41.5 Å². The topological polar surface area (TPSA) is 0 Å². The Morgan fingerprint density at radius 3 is 1.96 bits per heavy atom. The van der Waals surface area contributed by atoms with Gasteiger partial charge in [0.15, 0.2) is 0 Å². The van der Waals surface area contributed by atoms with Crippen LogP contribution in [0.4, 0.5) is 0 Å². The fraction of sp³-hybridized carbons (Fsp3) is 0.0870. The van der Waals surface area contributed by atoms with Crippen LogP contribution in [0.15, 0.2) is 84.5 Å². The molecule has 23 heavy (non-hydrogen) atoms. The van der Waals surface area contributed by atoms with Crippen molar-refractivity contribution >= 4 is 12.7 Å². The molecule has 0 spiro atoms. The molecule has 1 radical (unpaired) electrons. The van der Waals surface area contributed by atoms with Crippen molar-refractivity contribution in [3.63, 3.8) is 0 Å². The Labute approximate surface area is 139 Å². The predicted molar refractivity (Wildman–Crippen MR) is 102 cm³/mol. The lowest BCUT2D eigenvalue weighted by molar-refractivity contribution is 1.42. The highest BCUT2D eigenvalue weighted by atomic mass is 14.0. The lowest BCUT2D eigenvalue weighted by Gasteiger charge is -2.00. The first-order chi connectivity index (χ1) is 11.0. The van der Waals surface area contributed by atoms with E-state index in [4.69, 9.17) is 0 Å². The molecule has 1 aliphatic rings. The third kappa shape index (κ3) is 5.96. The van der Waals surface area contributed by atoms with Crippen molar-refractivity contribution in [2.75, 3.05) is 0 Å². The molecule has 0 saturated carbocycles. The monoisotopic (exact) mass is 299 g/mol. The van der Waals surface area contributed by atoms with Crippen LogP contribution >= 0.6 is 0 Å². The van der Waals surface area contributed by atoms with Gasteiger partial charge in [0.05, 0.1) is 0 Å². The van der Waals surface area contributed by atoms with Crippen LogP contribution in [0.1, 0.15) is 18.1 Å². The van der Waals surface area contributed by atoms with Gasteiger partial charge in [-0.3, -0.25) is 0 Å². The Morgan fingerprint density at radius 1 is 0.783 bits per heavy atom. The summed E-state index contributed by atoms with van der Waals surface area (Å²) < 4.78 is 0. The Kier molecular flexibility index (Phi) is 5.94. The SMILES string of the molecule is C=C1[CH]C=C(C)C=C1.C=c1ccc(=Cc2ccc(C)cc2)cc1. The molecule has 3 rings (SSSR count). The molecule has 0 heterocycles. The number of allylic oxidation sites excluding steroid dienone is 5. The van der Waals surface area contributed by atoms with Gasteiger partial charge in [-0.15, -0.1) is 0 Å². The van der Waals surface area contributed by atoms with Crippen molar-refractivity contribution in [1.82, 2.24) is 0 Å². The highest BCUT2D eigenvalue weighted by Gasteiger charge is 1.92. The number of hydrogen-bond donors (Lipinski definition) is 0. The van der Waals surface area contributed by atoms with Crippen LogP contribution in [0.3, 0.4) is 0 Å². The van der Waals surface area contributed by atoms with Crippen molar-refractivity contribution in [2.45, 2.75) is 13.8 Å². The zero-order valence-corrected chi connectivity index (χ0v) is 13.9. The summed E-state index contributed by atoms with van der Waals surface area (Å²) in [6.07, 6.45) is 10.3. The van der Waals surface area contributed by atoms with E-state index in [1.807, 2.05) is 24.6 Å². The smallest absolute Gasteiger partial charge is 0.0121 e. The van der Waals surface area contributed by atoms with Gasteiger partial charge in [0.2, 0.25) is 0 Å². The first kappa shape index (κ1) is 16.8. The van der Waals surface area contributed by atoms with Crippen LogP contribution < -0.4 is 10.4 Å². The number of aryl methyl sites for hydroxylation is 1. The van der Waals surface area contributed by atoms with E-state index in [0.29, 0.717) is 0 Å². The van der Waals surface area contributed by atoms with Gasteiger partial charge >= 0.3 is 0 Å². The molecule has 0 aliphatic heterocycles. The van der Waals surface area contributed by atoms with E-state index < -0.39 is 0 Å². The molecule has 0 bridgehead atoms. The van der Waals surface area contributed by atoms with Crippen molar-refractivity contribution in [3.8, 4) is 0 Å². The summed E-state index contributed by atoms with van der Waals surface area (Å²) in [6.45, 7) is 11.8. The molecule has 0 nitrogen and oxygen atoms in total. The molecule has 0 amide bonds. The molecule has 0 fully saturated rings. The van der Waals surface area contributed by atoms with Gasteiger partial charge < -0.3 is 0 Å². The molecule has 0 aromatic heterocycles. The molecule has 0 heteroatoms. The van der Waals surface area contributed by atoms with Crippen molar-refractivity contribution in [1.29, 1.82) is 0 Å². The maximum Gasteiger partial charge on any atom is 0.0121 e. The van der Waals surface area contributed by atoms with Crippen LogP contribution in [0.2, 0.25) is 0 Å². The van der Waals surface area contributed by atoms with Crippen LogP contribution in [0.25, 0.3) is 12.7 Å². The normalized spacial score (nSPS) is 13.0. The molecular formula is C23H23. The van der Waals surface area contributed by atoms with Crippen molar-refractivity contribution in [2.24, 2.45) is 0 Å². The van der Waals surface area contributed by atoms with E-state index in [2.05, 4.69) is 81.6 Å². The summed E-state index contributed by atoms with van der Waals surface area (Å²) in [6, 6.07) is 16.7. The van der Waals surface area contributed by atoms with E-state index in [0.717, 1.165) is 10.8 Å². The molecule has 115 valence electrons. The molecule has 2 aromatic rings. The van der Waals surface area contributed by atoms with Crippen molar-refractivity contribution in [3.05, 3.63) is 112 Å². The average molecular weight is 299 g/mol. The summed E-state index contributed by atoms with van der Waals surface area (Å²) >= 11 is 0. The van der Waals surface area contributed by atoms with Crippen LogP contribution in [-0.2, 0) is 0 Å². The maximum atomic E-state index is 3.87. The summed E-state index contributed by atoms with van der Waals surface area (Å²) in [5, 5.41) is 2.27. The largest absolute Gasteiger partial charge is 0.0952 e. The Hall–Kier alpha value is -2.60. The molecular weight excluding hydrogens is 276 g/mol. The first-order valence-corrected chi connectivity index (χ1v) is 7.75. The minimum atomic E-state index is 1.05. The summed E-state index contributed by atoms with van der Waals surface area (Å²) in [4.78, 5) is 0. The Balaban J connectivity index is 0.000000203. The molecule has 0 saturated heterocycles. The average Bonchev–Trinajstić information content (AvgIpc) is 2.55. The zero-order valence-electron chi connectivity index (χ0n) is 13.9. The highest BCUT2D eigenvalue weighted by Crippen LogP contribution is 2.10. The second kappa shape index (κ2) is 8.14. The van der Waals surface area contributed by atoms with Gasteiger partial charge in [-0.25, -0.2) is 0 Å². The quantitative estimate of drug-likeness (QED) is 0.727. The Morgan fingerprint density at radius 2 is 1.43 bits per heavy atom. The zero-order chi connectivity index (χ0) is 16.7. The minimum absolute atomic E-state index is 1.05.